The number of nitrogens with one attached hydrogen (secondary N) is 1. The summed E-state index contributed by atoms with van der Waals surface area (Å²) in [7, 11) is 0. The zero-order valence-electron chi connectivity index (χ0n) is 11.6. The summed E-state index contributed by atoms with van der Waals surface area (Å²) in [6.45, 7) is 3.18. The second kappa shape index (κ2) is 7.91. The lowest BCUT2D eigenvalue weighted by molar-refractivity contribution is 0.104. The van der Waals surface area contributed by atoms with Gasteiger partial charge in [0.05, 0.1) is 6.26 Å². The molecule has 1 aliphatic rings. The van der Waals surface area contributed by atoms with Gasteiger partial charge in [0, 0.05) is 38.8 Å². The molecule has 1 aromatic heterocycles. The molecule has 112 valence electrons. The minimum atomic E-state index is -0.0491. The number of aliphatic hydroxyl groups excluding tert-OH is 1. The second-order valence-electron chi connectivity index (χ2n) is 5.00. The normalized spacial score (nSPS) is 18.4. The van der Waals surface area contributed by atoms with Crippen LogP contribution >= 0.6 is 0 Å². The highest BCUT2D eigenvalue weighted by molar-refractivity contribution is 5.74. The van der Waals surface area contributed by atoms with Gasteiger partial charge in [-0.2, -0.15) is 0 Å². The van der Waals surface area contributed by atoms with Gasteiger partial charge in [-0.15, -0.1) is 0 Å². The number of urea groups is 1. The number of rotatable bonds is 7. The van der Waals surface area contributed by atoms with E-state index in [0.29, 0.717) is 26.3 Å². The summed E-state index contributed by atoms with van der Waals surface area (Å²) in [6, 6.07) is 3.65. The molecular weight excluding hydrogens is 260 g/mol. The first-order valence-electron chi connectivity index (χ1n) is 7.03. The average molecular weight is 282 g/mol. The molecule has 1 unspecified atom stereocenters. The summed E-state index contributed by atoms with van der Waals surface area (Å²) in [4.78, 5) is 13.6. The van der Waals surface area contributed by atoms with Crippen molar-refractivity contribution >= 4 is 6.03 Å². The molecule has 0 aromatic carbocycles. The van der Waals surface area contributed by atoms with E-state index in [2.05, 4.69) is 5.32 Å². The Morgan fingerprint density at radius 1 is 1.60 bits per heavy atom. The van der Waals surface area contributed by atoms with Crippen LogP contribution in [0.5, 0.6) is 0 Å². The van der Waals surface area contributed by atoms with Crippen molar-refractivity contribution in [2.24, 2.45) is 5.92 Å². The van der Waals surface area contributed by atoms with E-state index in [9.17, 15) is 4.79 Å². The zero-order chi connectivity index (χ0) is 14.2. The van der Waals surface area contributed by atoms with Crippen molar-refractivity contribution in [1.29, 1.82) is 0 Å². The van der Waals surface area contributed by atoms with Crippen molar-refractivity contribution in [3.8, 4) is 0 Å². The van der Waals surface area contributed by atoms with Crippen molar-refractivity contribution in [2.45, 2.75) is 19.4 Å². The Morgan fingerprint density at radius 2 is 2.50 bits per heavy atom. The monoisotopic (exact) mass is 282 g/mol. The Morgan fingerprint density at radius 3 is 3.20 bits per heavy atom. The molecule has 0 radical (unpaired) electrons. The molecule has 2 rings (SSSR count). The number of hydrogen-bond donors (Lipinski definition) is 2. The van der Waals surface area contributed by atoms with Crippen molar-refractivity contribution in [3.63, 3.8) is 0 Å². The SMILES string of the molecule is O=C(NCCCOCc1ccco1)N1CCC(CO)C1. The van der Waals surface area contributed by atoms with E-state index in [1.165, 1.54) is 0 Å². The molecule has 0 bridgehead atoms. The van der Waals surface area contributed by atoms with Crippen LogP contribution in [-0.2, 0) is 11.3 Å². The van der Waals surface area contributed by atoms with Crippen molar-refractivity contribution < 1.29 is 19.1 Å². The summed E-state index contributed by atoms with van der Waals surface area (Å²) in [5.41, 5.74) is 0. The van der Waals surface area contributed by atoms with E-state index in [-0.39, 0.29) is 18.6 Å². The molecule has 1 aliphatic heterocycles. The first kappa shape index (κ1) is 14.9. The molecule has 6 nitrogen and oxygen atoms in total. The molecule has 2 amide bonds. The Labute approximate surface area is 118 Å². The Kier molecular flexibility index (Phi) is 5.88. The molecule has 6 heteroatoms. The fraction of sp³-hybridized carbons (Fsp3) is 0.643. The molecule has 2 heterocycles. The van der Waals surface area contributed by atoms with Gasteiger partial charge in [0.2, 0.25) is 0 Å². The van der Waals surface area contributed by atoms with Crippen LogP contribution in [0.4, 0.5) is 4.79 Å². The Balaban J connectivity index is 1.49. The first-order chi connectivity index (χ1) is 9.79. The van der Waals surface area contributed by atoms with Gasteiger partial charge in [-0.25, -0.2) is 4.79 Å². The number of carbonyl (C=O) groups is 1. The molecule has 0 aliphatic carbocycles. The van der Waals surface area contributed by atoms with E-state index in [0.717, 1.165) is 25.1 Å². The average Bonchev–Trinajstić information content (AvgIpc) is 3.13. The molecular formula is C14H22N2O4. The highest BCUT2D eigenvalue weighted by Crippen LogP contribution is 2.14. The minimum absolute atomic E-state index is 0.0491. The van der Waals surface area contributed by atoms with Crippen molar-refractivity contribution in [3.05, 3.63) is 24.2 Å². The van der Waals surface area contributed by atoms with E-state index >= 15 is 0 Å². The predicted octanol–water partition coefficient (Wildman–Crippen LogP) is 1.21. The molecule has 1 atom stereocenters. The molecule has 1 fully saturated rings. The van der Waals surface area contributed by atoms with E-state index in [1.807, 2.05) is 12.1 Å². The maximum atomic E-state index is 11.8. The van der Waals surface area contributed by atoms with E-state index in [1.54, 1.807) is 11.2 Å². The van der Waals surface area contributed by atoms with Crippen LogP contribution in [0.1, 0.15) is 18.6 Å². The summed E-state index contributed by atoms with van der Waals surface area (Å²) in [5.74, 6) is 1.04. The van der Waals surface area contributed by atoms with Crippen molar-refractivity contribution in [1.82, 2.24) is 10.2 Å². The number of nitrogens with zero attached hydrogens (tertiary/aromatic N) is 1. The van der Waals surface area contributed by atoms with Crippen LogP contribution in [0, 0.1) is 5.92 Å². The van der Waals surface area contributed by atoms with Crippen LogP contribution in [-0.4, -0.2) is 48.9 Å². The molecule has 20 heavy (non-hydrogen) atoms. The van der Waals surface area contributed by atoms with Gasteiger partial charge in [-0.1, -0.05) is 0 Å². The van der Waals surface area contributed by atoms with Gasteiger partial charge in [0.1, 0.15) is 12.4 Å². The van der Waals surface area contributed by atoms with Gasteiger partial charge in [-0.05, 0) is 25.0 Å². The first-order valence-corrected chi connectivity index (χ1v) is 7.03. The number of carbonyl (C=O) groups excluding carboxylic acids is 1. The maximum absolute atomic E-state index is 11.8. The number of ether oxygens (including phenoxy) is 1. The molecule has 0 saturated carbocycles. The van der Waals surface area contributed by atoms with Gasteiger partial charge in [0.15, 0.2) is 0 Å². The highest BCUT2D eigenvalue weighted by atomic mass is 16.5. The molecule has 1 saturated heterocycles. The standard InChI is InChI=1S/C14H22N2O4/c17-10-12-4-6-16(9-12)14(18)15-5-2-7-19-11-13-3-1-8-20-13/h1,3,8,12,17H,2,4-7,9-11H2,(H,15,18). The van der Waals surface area contributed by atoms with Crippen LogP contribution in [0.15, 0.2) is 22.8 Å². The Hall–Kier alpha value is -1.53. The predicted molar refractivity (Wildman–Crippen MR) is 73.1 cm³/mol. The number of aliphatic hydroxyl groups is 1. The van der Waals surface area contributed by atoms with E-state index < -0.39 is 0 Å². The van der Waals surface area contributed by atoms with Gasteiger partial charge in [0.25, 0.3) is 0 Å². The molecule has 0 spiro atoms. The third-order valence-corrected chi connectivity index (χ3v) is 3.40. The number of likely N-dealkylation sites (tertiary alicyclic amines) is 1. The minimum Gasteiger partial charge on any atom is -0.467 e. The van der Waals surface area contributed by atoms with E-state index in [4.69, 9.17) is 14.3 Å². The number of amides is 2. The molecule has 2 N–H and O–H groups in total. The lowest BCUT2D eigenvalue weighted by Crippen LogP contribution is -2.39. The summed E-state index contributed by atoms with van der Waals surface area (Å²) >= 11 is 0. The van der Waals surface area contributed by atoms with Gasteiger partial charge in [-0.3, -0.25) is 0 Å². The smallest absolute Gasteiger partial charge is 0.317 e. The zero-order valence-corrected chi connectivity index (χ0v) is 11.6. The third kappa shape index (κ3) is 4.54. The van der Waals surface area contributed by atoms with Crippen LogP contribution < -0.4 is 5.32 Å². The maximum Gasteiger partial charge on any atom is 0.317 e. The van der Waals surface area contributed by atoms with Crippen LogP contribution in [0.25, 0.3) is 0 Å². The topological polar surface area (TPSA) is 74.9 Å². The second-order valence-corrected chi connectivity index (χ2v) is 5.00. The fourth-order valence-corrected chi connectivity index (χ4v) is 2.21. The fourth-order valence-electron chi connectivity index (χ4n) is 2.21. The van der Waals surface area contributed by atoms with Crippen LogP contribution in [0.2, 0.25) is 0 Å². The third-order valence-electron chi connectivity index (χ3n) is 3.40. The quantitative estimate of drug-likeness (QED) is 0.737. The lowest BCUT2D eigenvalue weighted by atomic mass is 10.1. The highest BCUT2D eigenvalue weighted by Gasteiger charge is 2.25. The van der Waals surface area contributed by atoms with Gasteiger partial charge < -0.3 is 24.5 Å². The van der Waals surface area contributed by atoms with Gasteiger partial charge >= 0.3 is 6.03 Å². The number of furan rings is 1. The largest absolute Gasteiger partial charge is 0.467 e. The summed E-state index contributed by atoms with van der Waals surface area (Å²) in [5, 5.41) is 11.9. The summed E-state index contributed by atoms with van der Waals surface area (Å²) < 4.78 is 10.6. The number of hydrogen-bond acceptors (Lipinski definition) is 4. The lowest BCUT2D eigenvalue weighted by Gasteiger charge is -2.16. The Bertz CT molecular complexity index is 394. The molecule has 1 aromatic rings. The van der Waals surface area contributed by atoms with Crippen LogP contribution in [0.3, 0.4) is 0 Å². The van der Waals surface area contributed by atoms with Crippen molar-refractivity contribution in [2.75, 3.05) is 32.8 Å². The summed E-state index contributed by atoms with van der Waals surface area (Å²) in [6.07, 6.45) is 3.27.